The molecule has 1 aliphatic heterocycles. The molecule has 150 valence electrons. The molecule has 1 unspecified atom stereocenters. The van der Waals surface area contributed by atoms with Crippen LogP contribution in [0.5, 0.6) is 5.75 Å². The second-order valence-electron chi connectivity index (χ2n) is 6.30. The van der Waals surface area contributed by atoms with Crippen LogP contribution in [0.15, 0.2) is 53.1 Å². The first-order chi connectivity index (χ1) is 13.9. The molecule has 0 radical (unpaired) electrons. The molecule has 3 rings (SSSR count). The van der Waals surface area contributed by atoms with Gasteiger partial charge in [-0.25, -0.2) is 9.79 Å². The van der Waals surface area contributed by atoms with Crippen molar-refractivity contribution in [2.45, 2.75) is 6.54 Å². The van der Waals surface area contributed by atoms with Gasteiger partial charge in [-0.2, -0.15) is 0 Å². The number of fused-ring (bicyclic) bond motifs is 1. The maximum absolute atomic E-state index is 12.8. The molecular weight excluding hydrogens is 394 g/mol. The number of nitrogens with zero attached hydrogens (tertiary/aromatic N) is 2. The number of carbonyl (C=O) groups excluding carboxylic acids is 3. The molecule has 9 heteroatoms. The highest BCUT2D eigenvalue weighted by Gasteiger charge is 2.36. The maximum atomic E-state index is 12.8. The van der Waals surface area contributed by atoms with Gasteiger partial charge in [0.25, 0.3) is 0 Å². The summed E-state index contributed by atoms with van der Waals surface area (Å²) in [4.78, 5) is 42.1. The third kappa shape index (κ3) is 4.57. The lowest BCUT2D eigenvalue weighted by Crippen LogP contribution is -2.50. The number of rotatable bonds is 6. The van der Waals surface area contributed by atoms with Crippen LogP contribution < -0.4 is 10.1 Å². The van der Waals surface area contributed by atoms with Crippen molar-refractivity contribution in [3.63, 3.8) is 0 Å². The van der Waals surface area contributed by atoms with Gasteiger partial charge in [0.1, 0.15) is 12.3 Å². The van der Waals surface area contributed by atoms with Crippen LogP contribution in [0.4, 0.5) is 0 Å². The molecule has 1 atom stereocenters. The van der Waals surface area contributed by atoms with E-state index in [1.54, 1.807) is 25.3 Å². The summed E-state index contributed by atoms with van der Waals surface area (Å²) >= 11 is 5.18. The van der Waals surface area contributed by atoms with Gasteiger partial charge >= 0.3 is 5.97 Å². The second-order valence-corrected chi connectivity index (χ2v) is 6.66. The second kappa shape index (κ2) is 8.78. The van der Waals surface area contributed by atoms with Crippen LogP contribution in [0.25, 0.3) is 0 Å². The number of hydrogen-bond donors (Lipinski definition) is 1. The van der Waals surface area contributed by atoms with Crippen molar-refractivity contribution < 1.29 is 23.9 Å². The van der Waals surface area contributed by atoms with E-state index in [0.29, 0.717) is 12.3 Å². The van der Waals surface area contributed by atoms with E-state index in [1.165, 1.54) is 19.3 Å². The molecule has 0 spiro atoms. The third-order valence-corrected chi connectivity index (χ3v) is 4.76. The summed E-state index contributed by atoms with van der Waals surface area (Å²) in [5.74, 6) is -1.22. The number of methoxy groups -OCH3 is 2. The lowest BCUT2D eigenvalue weighted by Gasteiger charge is -2.30. The molecule has 0 saturated heterocycles. The average Bonchev–Trinajstić information content (AvgIpc) is 2.74. The first kappa shape index (κ1) is 20.4. The minimum Gasteiger partial charge on any atom is -0.497 e. The number of nitrogens with one attached hydrogen (secondary N) is 1. The minimum absolute atomic E-state index is 0.0170. The molecule has 2 amide bonds. The highest BCUT2D eigenvalue weighted by molar-refractivity contribution is 7.80. The lowest BCUT2D eigenvalue weighted by molar-refractivity contribution is -0.135. The van der Waals surface area contributed by atoms with E-state index in [9.17, 15) is 14.4 Å². The van der Waals surface area contributed by atoms with Crippen LogP contribution in [-0.2, 0) is 25.7 Å². The maximum Gasteiger partial charge on any atom is 0.337 e. The van der Waals surface area contributed by atoms with Crippen molar-refractivity contribution in [3.8, 4) is 5.75 Å². The van der Waals surface area contributed by atoms with Crippen molar-refractivity contribution in [3.05, 3.63) is 53.6 Å². The molecule has 29 heavy (non-hydrogen) atoms. The highest BCUT2D eigenvalue weighted by atomic mass is 32.1. The van der Waals surface area contributed by atoms with Crippen LogP contribution in [-0.4, -0.2) is 54.3 Å². The molecular formula is C20H19N3O5S. The summed E-state index contributed by atoms with van der Waals surface area (Å²) in [7, 11) is 2.85. The topological polar surface area (TPSA) is 97.3 Å². The van der Waals surface area contributed by atoms with Crippen LogP contribution in [0.1, 0.15) is 5.56 Å². The zero-order valence-corrected chi connectivity index (χ0v) is 16.7. The van der Waals surface area contributed by atoms with Crippen LogP contribution in [0.3, 0.4) is 0 Å². The van der Waals surface area contributed by atoms with Gasteiger partial charge in [-0.15, -0.1) is 0 Å². The fraction of sp³-hybridized carbons (Fsp3) is 0.250. The van der Waals surface area contributed by atoms with Gasteiger partial charge in [0.2, 0.25) is 16.9 Å². The molecule has 2 aliphatic rings. The van der Waals surface area contributed by atoms with E-state index in [-0.39, 0.29) is 29.0 Å². The summed E-state index contributed by atoms with van der Waals surface area (Å²) in [6.45, 7) is 0.0726. The molecule has 0 fully saturated rings. The summed E-state index contributed by atoms with van der Waals surface area (Å²) in [6.07, 6.45) is 4.53. The van der Waals surface area contributed by atoms with Crippen LogP contribution >= 0.6 is 12.2 Å². The number of esters is 1. The molecule has 8 nitrogen and oxygen atoms in total. The Morgan fingerprint density at radius 1 is 1.24 bits per heavy atom. The fourth-order valence-corrected chi connectivity index (χ4v) is 3.13. The first-order valence-corrected chi connectivity index (χ1v) is 9.15. The van der Waals surface area contributed by atoms with E-state index in [2.05, 4.69) is 15.0 Å². The highest BCUT2D eigenvalue weighted by Crippen LogP contribution is 2.22. The number of allylic oxidation sites excluding steroid dienone is 1. The predicted molar refractivity (Wildman–Crippen MR) is 109 cm³/mol. The number of benzene rings is 1. The number of hydrogen-bond acceptors (Lipinski definition) is 6. The summed E-state index contributed by atoms with van der Waals surface area (Å²) in [5, 5.41) is 2.74. The Kier molecular flexibility index (Phi) is 6.18. The molecule has 1 aliphatic carbocycles. The standard InChI is InChI=1S/C20H19N3O5S/c1-27-14-6-3-12(4-7-14)10-21-17(24)11-23-18(25)15-8-5-13(19(26)28-2)9-16(15)22-20(23)29/h3-9,15H,10-11H2,1-2H3,(H,21,24). The first-order valence-electron chi connectivity index (χ1n) is 8.74. The Labute approximate surface area is 172 Å². The Morgan fingerprint density at radius 2 is 1.97 bits per heavy atom. The van der Waals surface area contributed by atoms with Crippen molar-refractivity contribution in [2.24, 2.45) is 10.9 Å². The molecule has 1 aromatic rings. The van der Waals surface area contributed by atoms with Gasteiger partial charge in [0, 0.05) is 6.54 Å². The average molecular weight is 413 g/mol. The van der Waals surface area contributed by atoms with Gasteiger partial charge in [-0.3, -0.25) is 14.5 Å². The van der Waals surface area contributed by atoms with E-state index in [4.69, 9.17) is 17.0 Å². The SMILES string of the molecule is COC(=O)C1=CC2=NC(=S)N(CC(=O)NCc3ccc(OC)cc3)C(=O)C2C=C1. The van der Waals surface area contributed by atoms with Gasteiger partial charge < -0.3 is 14.8 Å². The number of aliphatic imine (C=N–C) groups is 1. The van der Waals surface area contributed by atoms with E-state index in [1.807, 2.05) is 12.1 Å². The third-order valence-electron chi connectivity index (χ3n) is 4.45. The smallest absolute Gasteiger partial charge is 0.337 e. The van der Waals surface area contributed by atoms with Crippen molar-refractivity contribution >= 4 is 40.8 Å². The normalized spacial score (nSPS) is 17.9. The molecule has 1 N–H and O–H groups in total. The van der Waals surface area contributed by atoms with Crippen LogP contribution in [0, 0.1) is 5.92 Å². The van der Waals surface area contributed by atoms with Crippen molar-refractivity contribution in [2.75, 3.05) is 20.8 Å². The van der Waals surface area contributed by atoms with Gasteiger partial charge in [0.15, 0.2) is 0 Å². The van der Waals surface area contributed by atoms with Gasteiger partial charge in [-0.1, -0.05) is 24.3 Å². The van der Waals surface area contributed by atoms with E-state index in [0.717, 1.165) is 16.2 Å². The number of amides is 2. The Balaban J connectivity index is 1.63. The molecule has 0 aromatic heterocycles. The molecule has 1 heterocycles. The number of ether oxygens (including phenoxy) is 2. The molecule has 0 saturated carbocycles. The number of thiocarbonyl (C=S) groups is 1. The lowest BCUT2D eigenvalue weighted by atomic mass is 9.92. The van der Waals surface area contributed by atoms with E-state index >= 15 is 0 Å². The Hall–Kier alpha value is -3.33. The molecule has 1 aromatic carbocycles. The zero-order chi connectivity index (χ0) is 21.0. The minimum atomic E-state index is -0.690. The zero-order valence-electron chi connectivity index (χ0n) is 15.9. The Bertz CT molecular complexity index is 949. The monoisotopic (exact) mass is 413 g/mol. The largest absolute Gasteiger partial charge is 0.497 e. The van der Waals surface area contributed by atoms with Gasteiger partial charge in [0.05, 0.1) is 31.4 Å². The van der Waals surface area contributed by atoms with E-state index < -0.39 is 11.9 Å². The Morgan fingerprint density at radius 3 is 2.62 bits per heavy atom. The van der Waals surface area contributed by atoms with Gasteiger partial charge in [-0.05, 0) is 36.0 Å². The van der Waals surface area contributed by atoms with Crippen molar-refractivity contribution in [1.82, 2.24) is 10.2 Å². The fourth-order valence-electron chi connectivity index (χ4n) is 2.87. The summed E-state index contributed by atoms with van der Waals surface area (Å²) in [5.41, 5.74) is 1.53. The summed E-state index contributed by atoms with van der Waals surface area (Å²) < 4.78 is 9.77. The summed E-state index contributed by atoms with van der Waals surface area (Å²) in [6, 6.07) is 7.27. The number of carbonyl (C=O) groups is 3. The predicted octanol–water partition coefficient (Wildman–Crippen LogP) is 1.16. The van der Waals surface area contributed by atoms with Crippen molar-refractivity contribution in [1.29, 1.82) is 0 Å². The quantitative estimate of drug-likeness (QED) is 0.555. The van der Waals surface area contributed by atoms with Crippen LogP contribution in [0.2, 0.25) is 0 Å². The molecule has 0 bridgehead atoms.